The van der Waals surface area contributed by atoms with E-state index in [2.05, 4.69) is 11.9 Å². The third-order valence-corrected chi connectivity index (χ3v) is 1.52. The van der Waals surface area contributed by atoms with Gasteiger partial charge in [0.1, 0.15) is 0 Å². The molecule has 1 fully saturated rings. The average molecular weight is 163 g/mol. The second-order valence-corrected chi connectivity index (χ2v) is 2.34. The summed E-state index contributed by atoms with van der Waals surface area (Å²) in [7, 11) is 0. The standard InChI is InChI=1S/C7H9NO2.Na.H/c1-2-3-5-4-6(9)8-7(5)10;;/h2,5H,1,3-4H2,(H,8,9,10);;/q;+1;-1. The molecule has 1 aliphatic heterocycles. The van der Waals surface area contributed by atoms with Crippen LogP contribution in [0.1, 0.15) is 14.3 Å². The van der Waals surface area contributed by atoms with Gasteiger partial charge in [-0.3, -0.25) is 14.9 Å². The largest absolute Gasteiger partial charge is 1.00 e. The van der Waals surface area contributed by atoms with Gasteiger partial charge in [-0.25, -0.2) is 0 Å². The minimum Gasteiger partial charge on any atom is -1.00 e. The molecule has 1 rings (SSSR count). The smallest absolute Gasteiger partial charge is 1.00 e. The first-order valence-corrected chi connectivity index (χ1v) is 3.18. The minimum atomic E-state index is -0.170. The molecular formula is C7H10NNaO2. The summed E-state index contributed by atoms with van der Waals surface area (Å²) in [5.41, 5.74) is 0. The fourth-order valence-corrected chi connectivity index (χ4v) is 0.999. The van der Waals surface area contributed by atoms with Crippen LogP contribution in [-0.2, 0) is 9.59 Å². The molecule has 0 aliphatic carbocycles. The monoisotopic (exact) mass is 163 g/mol. The van der Waals surface area contributed by atoms with Crippen LogP contribution in [0.4, 0.5) is 0 Å². The normalized spacial score (nSPS) is 22.4. The van der Waals surface area contributed by atoms with Crippen molar-refractivity contribution in [3.63, 3.8) is 0 Å². The van der Waals surface area contributed by atoms with Crippen LogP contribution < -0.4 is 34.9 Å². The van der Waals surface area contributed by atoms with E-state index in [0.717, 1.165) is 0 Å². The second kappa shape index (κ2) is 4.70. The molecule has 1 N–H and O–H groups in total. The van der Waals surface area contributed by atoms with Crippen molar-refractivity contribution < 1.29 is 40.6 Å². The van der Waals surface area contributed by atoms with Gasteiger partial charge < -0.3 is 1.43 Å². The fraction of sp³-hybridized carbons (Fsp3) is 0.429. The molecular weight excluding hydrogens is 153 g/mol. The second-order valence-electron chi connectivity index (χ2n) is 2.34. The van der Waals surface area contributed by atoms with Gasteiger partial charge in [-0.05, 0) is 6.42 Å². The third kappa shape index (κ3) is 2.77. The van der Waals surface area contributed by atoms with Crippen molar-refractivity contribution in [3.05, 3.63) is 12.7 Å². The van der Waals surface area contributed by atoms with E-state index < -0.39 is 0 Å². The average Bonchev–Trinajstić information content (AvgIpc) is 2.13. The number of rotatable bonds is 2. The predicted molar refractivity (Wildman–Crippen MR) is 37.2 cm³/mol. The van der Waals surface area contributed by atoms with Crippen LogP contribution in [0.3, 0.4) is 0 Å². The molecule has 1 unspecified atom stereocenters. The molecule has 0 radical (unpaired) electrons. The summed E-state index contributed by atoms with van der Waals surface area (Å²) in [4.78, 5) is 21.4. The van der Waals surface area contributed by atoms with E-state index in [0.29, 0.717) is 12.8 Å². The van der Waals surface area contributed by atoms with Gasteiger partial charge in [0.15, 0.2) is 0 Å². The summed E-state index contributed by atoms with van der Waals surface area (Å²) in [5, 5.41) is 2.23. The Kier molecular flexibility index (Phi) is 4.65. The van der Waals surface area contributed by atoms with Crippen LogP contribution in [0.25, 0.3) is 0 Å². The van der Waals surface area contributed by atoms with Gasteiger partial charge in [0.25, 0.3) is 0 Å². The van der Waals surface area contributed by atoms with Crippen molar-refractivity contribution in [1.82, 2.24) is 5.32 Å². The maximum Gasteiger partial charge on any atom is 1.00 e. The Morgan fingerprint density at radius 2 is 2.36 bits per heavy atom. The molecule has 0 spiro atoms. The number of amides is 2. The van der Waals surface area contributed by atoms with Gasteiger partial charge in [-0.2, -0.15) is 0 Å². The molecule has 4 heteroatoms. The number of hydrogen-bond donors (Lipinski definition) is 1. The van der Waals surface area contributed by atoms with E-state index in [1.165, 1.54) is 0 Å². The van der Waals surface area contributed by atoms with Gasteiger partial charge in [-0.15, -0.1) is 6.58 Å². The Labute approximate surface area is 89.0 Å². The van der Waals surface area contributed by atoms with E-state index in [-0.39, 0.29) is 48.7 Å². The van der Waals surface area contributed by atoms with Crippen LogP contribution in [0.2, 0.25) is 0 Å². The number of carbonyl (C=O) groups is 2. The quantitative estimate of drug-likeness (QED) is 0.274. The summed E-state index contributed by atoms with van der Waals surface area (Å²) in [6, 6.07) is 0. The fourth-order valence-electron chi connectivity index (χ4n) is 0.999. The summed E-state index contributed by atoms with van der Waals surface area (Å²) in [5.74, 6) is -0.494. The van der Waals surface area contributed by atoms with E-state index in [9.17, 15) is 9.59 Å². The first-order chi connectivity index (χ1) is 4.74. The van der Waals surface area contributed by atoms with E-state index >= 15 is 0 Å². The van der Waals surface area contributed by atoms with Crippen molar-refractivity contribution in [2.75, 3.05) is 0 Å². The van der Waals surface area contributed by atoms with Crippen molar-refractivity contribution >= 4 is 11.8 Å². The zero-order valence-electron chi connectivity index (χ0n) is 7.59. The van der Waals surface area contributed by atoms with Crippen LogP contribution in [0.5, 0.6) is 0 Å². The molecule has 0 aromatic carbocycles. The molecule has 0 bridgehead atoms. The van der Waals surface area contributed by atoms with Crippen molar-refractivity contribution in [1.29, 1.82) is 0 Å². The van der Waals surface area contributed by atoms with E-state index in [1.54, 1.807) is 6.08 Å². The Bertz CT molecular complexity index is 196. The Hall–Kier alpha value is -0.120. The van der Waals surface area contributed by atoms with E-state index in [1.807, 2.05) is 0 Å². The Morgan fingerprint density at radius 3 is 2.73 bits per heavy atom. The van der Waals surface area contributed by atoms with Gasteiger partial charge >= 0.3 is 29.6 Å². The zero-order valence-corrected chi connectivity index (χ0v) is 8.59. The van der Waals surface area contributed by atoms with Gasteiger partial charge in [0.2, 0.25) is 11.8 Å². The Balaban J connectivity index is 0. The summed E-state index contributed by atoms with van der Waals surface area (Å²) >= 11 is 0. The SMILES string of the molecule is C=CCC1CC(=O)NC1=O.[H-].[Na+]. The molecule has 3 nitrogen and oxygen atoms in total. The maximum atomic E-state index is 10.8. The van der Waals surface area contributed by atoms with Gasteiger partial charge in [0.05, 0.1) is 5.92 Å². The van der Waals surface area contributed by atoms with Crippen LogP contribution in [0, 0.1) is 5.92 Å². The predicted octanol–water partition coefficient (Wildman–Crippen LogP) is -2.66. The maximum absolute atomic E-state index is 10.8. The number of allylic oxidation sites excluding steroid dienone is 1. The first-order valence-electron chi connectivity index (χ1n) is 3.18. The molecule has 0 aromatic heterocycles. The summed E-state index contributed by atoms with van der Waals surface area (Å²) in [6.07, 6.45) is 2.57. The van der Waals surface area contributed by atoms with E-state index in [4.69, 9.17) is 0 Å². The molecule has 1 heterocycles. The minimum absolute atomic E-state index is 0. The number of imide groups is 1. The number of hydrogen-bond acceptors (Lipinski definition) is 2. The van der Waals surface area contributed by atoms with Gasteiger partial charge in [-0.1, -0.05) is 6.08 Å². The Morgan fingerprint density at radius 1 is 1.73 bits per heavy atom. The molecule has 56 valence electrons. The molecule has 1 aliphatic rings. The van der Waals surface area contributed by atoms with Crippen molar-refractivity contribution in [2.45, 2.75) is 12.8 Å². The van der Waals surface area contributed by atoms with Crippen LogP contribution in [0.15, 0.2) is 12.7 Å². The molecule has 2 amide bonds. The van der Waals surface area contributed by atoms with Crippen LogP contribution in [-0.4, -0.2) is 11.8 Å². The summed E-state index contributed by atoms with van der Waals surface area (Å²) in [6.45, 7) is 3.49. The summed E-state index contributed by atoms with van der Waals surface area (Å²) < 4.78 is 0. The number of carbonyl (C=O) groups excluding carboxylic acids is 2. The van der Waals surface area contributed by atoms with Crippen molar-refractivity contribution in [3.8, 4) is 0 Å². The molecule has 1 atom stereocenters. The zero-order chi connectivity index (χ0) is 7.56. The van der Waals surface area contributed by atoms with Crippen LogP contribution >= 0.6 is 0 Å². The molecule has 0 aromatic rings. The van der Waals surface area contributed by atoms with Gasteiger partial charge in [0, 0.05) is 6.42 Å². The topological polar surface area (TPSA) is 46.2 Å². The molecule has 1 saturated heterocycles. The third-order valence-electron chi connectivity index (χ3n) is 1.52. The molecule has 11 heavy (non-hydrogen) atoms. The number of nitrogens with one attached hydrogen (secondary N) is 1. The molecule has 0 saturated carbocycles. The first kappa shape index (κ1) is 10.9. The van der Waals surface area contributed by atoms with Crippen molar-refractivity contribution in [2.24, 2.45) is 5.92 Å².